The molecule has 2 rings (SSSR count). The molecule has 0 spiro atoms. The van der Waals surface area contributed by atoms with Crippen LogP contribution in [0.3, 0.4) is 0 Å². The van der Waals surface area contributed by atoms with Crippen molar-refractivity contribution in [3.05, 3.63) is 17.9 Å². The highest BCUT2D eigenvalue weighted by Crippen LogP contribution is 2.18. The van der Waals surface area contributed by atoms with Crippen molar-refractivity contribution in [1.29, 1.82) is 0 Å². The molecule has 1 saturated heterocycles. The van der Waals surface area contributed by atoms with E-state index in [0.717, 1.165) is 24.7 Å². The molecule has 1 aromatic heterocycles. The van der Waals surface area contributed by atoms with Gasteiger partial charge >= 0.3 is 0 Å². The Morgan fingerprint density at radius 2 is 2.33 bits per heavy atom. The van der Waals surface area contributed by atoms with Gasteiger partial charge in [-0.05, 0) is 32.4 Å². The van der Waals surface area contributed by atoms with E-state index in [4.69, 9.17) is 4.42 Å². The summed E-state index contributed by atoms with van der Waals surface area (Å²) in [5.41, 5.74) is 0. The number of nitrogens with one attached hydrogen (secondary N) is 1. The third-order valence-corrected chi connectivity index (χ3v) is 3.01. The Kier molecular flexibility index (Phi) is 3.31. The number of hydrogen-bond donors (Lipinski definition) is 1. The fraction of sp³-hybridized carbons (Fsp3) is 0.667. The molecular weight excluding hydrogens is 188 g/mol. The number of likely N-dealkylation sites (N-methyl/N-ethyl adjacent to an activating group) is 1. The van der Waals surface area contributed by atoms with Crippen molar-refractivity contribution in [1.82, 2.24) is 5.32 Å². The molecule has 15 heavy (non-hydrogen) atoms. The molecule has 0 bridgehead atoms. The van der Waals surface area contributed by atoms with Crippen LogP contribution in [0.4, 0.5) is 5.88 Å². The highest BCUT2D eigenvalue weighted by atomic mass is 16.4. The predicted molar refractivity (Wildman–Crippen MR) is 62.4 cm³/mol. The molecule has 3 nitrogen and oxygen atoms in total. The van der Waals surface area contributed by atoms with Gasteiger partial charge in [-0.25, -0.2) is 0 Å². The third-order valence-electron chi connectivity index (χ3n) is 3.01. The van der Waals surface area contributed by atoms with Crippen LogP contribution in [0.25, 0.3) is 0 Å². The number of aryl methyl sites for hydroxylation is 1. The molecular formula is C12H20N2O. The standard InChI is InChI=1S/C12H20N2O/c1-10-6-7-12(15-10)14(2)9-11-5-3-4-8-13-11/h6-7,11,13H,3-5,8-9H2,1-2H3. The molecule has 0 aromatic carbocycles. The van der Waals surface area contributed by atoms with Crippen molar-refractivity contribution >= 4 is 5.88 Å². The third kappa shape index (κ3) is 2.75. The van der Waals surface area contributed by atoms with Crippen molar-refractivity contribution in [2.45, 2.75) is 32.2 Å². The molecule has 1 atom stereocenters. The normalized spacial score (nSPS) is 21.6. The van der Waals surface area contributed by atoms with Gasteiger partial charge in [-0.3, -0.25) is 0 Å². The summed E-state index contributed by atoms with van der Waals surface area (Å²) in [4.78, 5) is 2.19. The molecule has 3 heteroatoms. The summed E-state index contributed by atoms with van der Waals surface area (Å²) in [6.45, 7) is 4.18. The number of rotatable bonds is 3. The first kappa shape index (κ1) is 10.6. The summed E-state index contributed by atoms with van der Waals surface area (Å²) >= 11 is 0. The van der Waals surface area contributed by atoms with Crippen LogP contribution in [0.1, 0.15) is 25.0 Å². The van der Waals surface area contributed by atoms with Crippen molar-refractivity contribution < 1.29 is 4.42 Å². The SMILES string of the molecule is Cc1ccc(N(C)CC2CCCCN2)o1. The second-order valence-electron chi connectivity index (χ2n) is 4.41. The van der Waals surface area contributed by atoms with Crippen LogP contribution in [-0.4, -0.2) is 26.2 Å². The van der Waals surface area contributed by atoms with E-state index in [9.17, 15) is 0 Å². The fourth-order valence-electron chi connectivity index (χ4n) is 2.13. The van der Waals surface area contributed by atoms with Gasteiger partial charge in [0, 0.05) is 25.7 Å². The van der Waals surface area contributed by atoms with Gasteiger partial charge in [-0.2, -0.15) is 0 Å². The quantitative estimate of drug-likeness (QED) is 0.825. The summed E-state index contributed by atoms with van der Waals surface area (Å²) in [6, 6.07) is 4.67. The molecule has 0 radical (unpaired) electrons. The molecule has 1 aliphatic rings. The molecule has 1 N–H and O–H groups in total. The maximum absolute atomic E-state index is 5.58. The van der Waals surface area contributed by atoms with E-state index in [0.29, 0.717) is 6.04 Å². The maximum atomic E-state index is 5.58. The largest absolute Gasteiger partial charge is 0.446 e. The first-order valence-corrected chi connectivity index (χ1v) is 5.76. The maximum Gasteiger partial charge on any atom is 0.195 e. The van der Waals surface area contributed by atoms with Gasteiger partial charge in [0.05, 0.1) is 0 Å². The number of furan rings is 1. The van der Waals surface area contributed by atoms with Crippen molar-refractivity contribution in [2.24, 2.45) is 0 Å². The highest BCUT2D eigenvalue weighted by Gasteiger charge is 2.15. The van der Waals surface area contributed by atoms with E-state index in [1.807, 2.05) is 19.1 Å². The lowest BCUT2D eigenvalue weighted by molar-refractivity contribution is 0.396. The van der Waals surface area contributed by atoms with Crippen molar-refractivity contribution in [3.8, 4) is 0 Å². The molecule has 1 aromatic rings. The van der Waals surface area contributed by atoms with Crippen LogP contribution < -0.4 is 10.2 Å². The van der Waals surface area contributed by atoms with E-state index < -0.39 is 0 Å². The van der Waals surface area contributed by atoms with Gasteiger partial charge in [0.2, 0.25) is 0 Å². The summed E-state index contributed by atoms with van der Waals surface area (Å²) in [5.74, 6) is 1.95. The topological polar surface area (TPSA) is 28.4 Å². The zero-order chi connectivity index (χ0) is 10.7. The molecule has 1 aliphatic heterocycles. The lowest BCUT2D eigenvalue weighted by Crippen LogP contribution is -2.42. The van der Waals surface area contributed by atoms with E-state index in [-0.39, 0.29) is 0 Å². The van der Waals surface area contributed by atoms with Gasteiger partial charge in [0.25, 0.3) is 0 Å². The summed E-state index contributed by atoms with van der Waals surface area (Å²) in [6.07, 6.45) is 3.95. The van der Waals surface area contributed by atoms with Gasteiger partial charge < -0.3 is 14.6 Å². The Morgan fingerprint density at radius 3 is 2.93 bits per heavy atom. The van der Waals surface area contributed by atoms with Gasteiger partial charge in [0.15, 0.2) is 5.88 Å². The number of hydrogen-bond acceptors (Lipinski definition) is 3. The lowest BCUT2D eigenvalue weighted by atomic mass is 10.0. The minimum Gasteiger partial charge on any atom is -0.446 e. The number of piperidine rings is 1. The fourth-order valence-corrected chi connectivity index (χ4v) is 2.13. The Balaban J connectivity index is 1.88. The van der Waals surface area contributed by atoms with Gasteiger partial charge in [-0.1, -0.05) is 6.42 Å². The number of anilines is 1. The monoisotopic (exact) mass is 208 g/mol. The summed E-state index contributed by atoms with van der Waals surface area (Å²) in [7, 11) is 2.09. The van der Waals surface area contributed by atoms with E-state index in [2.05, 4.69) is 17.3 Å². The van der Waals surface area contributed by atoms with E-state index in [1.54, 1.807) is 0 Å². The minimum absolute atomic E-state index is 0.620. The molecule has 0 aliphatic carbocycles. The van der Waals surface area contributed by atoms with Crippen LogP contribution in [0.2, 0.25) is 0 Å². The average Bonchev–Trinajstić information content (AvgIpc) is 2.66. The van der Waals surface area contributed by atoms with E-state index >= 15 is 0 Å². The average molecular weight is 208 g/mol. The first-order chi connectivity index (χ1) is 7.25. The van der Waals surface area contributed by atoms with Crippen LogP contribution in [0.5, 0.6) is 0 Å². The number of nitrogens with zero attached hydrogens (tertiary/aromatic N) is 1. The second kappa shape index (κ2) is 4.71. The second-order valence-corrected chi connectivity index (χ2v) is 4.41. The molecule has 0 amide bonds. The zero-order valence-electron chi connectivity index (χ0n) is 9.62. The van der Waals surface area contributed by atoms with E-state index in [1.165, 1.54) is 19.3 Å². The molecule has 84 valence electrons. The van der Waals surface area contributed by atoms with Crippen LogP contribution in [0.15, 0.2) is 16.5 Å². The van der Waals surface area contributed by atoms with Crippen LogP contribution in [0, 0.1) is 6.92 Å². The Morgan fingerprint density at radius 1 is 1.47 bits per heavy atom. The van der Waals surface area contributed by atoms with Gasteiger partial charge in [-0.15, -0.1) is 0 Å². The molecule has 2 heterocycles. The molecule has 1 fully saturated rings. The minimum atomic E-state index is 0.620. The van der Waals surface area contributed by atoms with Crippen molar-refractivity contribution in [2.75, 3.05) is 25.0 Å². The lowest BCUT2D eigenvalue weighted by Gasteiger charge is -2.27. The Bertz CT molecular complexity index is 302. The van der Waals surface area contributed by atoms with Crippen molar-refractivity contribution in [3.63, 3.8) is 0 Å². The Hall–Kier alpha value is -0.960. The first-order valence-electron chi connectivity index (χ1n) is 5.76. The smallest absolute Gasteiger partial charge is 0.195 e. The molecule has 1 unspecified atom stereocenters. The predicted octanol–water partition coefficient (Wildman–Crippen LogP) is 2.17. The Labute approximate surface area is 91.4 Å². The zero-order valence-corrected chi connectivity index (χ0v) is 9.62. The highest BCUT2D eigenvalue weighted by molar-refractivity contribution is 5.35. The van der Waals surface area contributed by atoms with Crippen LogP contribution in [-0.2, 0) is 0 Å². The summed E-state index contributed by atoms with van der Waals surface area (Å²) < 4.78 is 5.58. The molecule has 0 saturated carbocycles. The summed E-state index contributed by atoms with van der Waals surface area (Å²) in [5, 5.41) is 3.54. The van der Waals surface area contributed by atoms with Crippen LogP contribution >= 0.6 is 0 Å². The van der Waals surface area contributed by atoms with Gasteiger partial charge in [0.1, 0.15) is 5.76 Å².